The van der Waals surface area contributed by atoms with E-state index in [0.29, 0.717) is 5.41 Å². The normalized spacial score (nSPS) is 23.9. The number of benzene rings is 1. The Labute approximate surface area is 93.7 Å². The van der Waals surface area contributed by atoms with Gasteiger partial charge in [0.1, 0.15) is 0 Å². The lowest BCUT2D eigenvalue weighted by atomic mass is 9.62. The monoisotopic (exact) mass is 202 g/mol. The van der Waals surface area contributed by atoms with Gasteiger partial charge in [0, 0.05) is 0 Å². The van der Waals surface area contributed by atoms with Crippen molar-refractivity contribution >= 4 is 0 Å². The van der Waals surface area contributed by atoms with Crippen LogP contribution in [0.25, 0.3) is 0 Å². The molecule has 0 aromatic heterocycles. The highest BCUT2D eigenvalue weighted by atomic mass is 14.4. The molecule has 82 valence electrons. The molecular weight excluding hydrogens is 180 g/mol. The highest BCUT2D eigenvalue weighted by Gasteiger charge is 2.37. The standard InChI is InChI=1S/C15H22/c1-11(2)14-13-8-6-5-7-12(13)9-10-15(14,3)4/h5-8,11,14H,9-10H2,1-4H3. The number of aryl methyl sites for hydroxylation is 1. The molecule has 1 aliphatic carbocycles. The molecule has 0 heterocycles. The zero-order valence-electron chi connectivity index (χ0n) is 10.4. The third kappa shape index (κ3) is 1.82. The predicted octanol–water partition coefficient (Wildman–Crippen LogP) is 4.40. The van der Waals surface area contributed by atoms with Gasteiger partial charge in [-0.1, -0.05) is 52.0 Å². The lowest BCUT2D eigenvalue weighted by Gasteiger charge is -2.42. The number of rotatable bonds is 1. The van der Waals surface area contributed by atoms with Gasteiger partial charge in [-0.15, -0.1) is 0 Å². The van der Waals surface area contributed by atoms with E-state index in [1.54, 1.807) is 11.1 Å². The molecule has 0 bridgehead atoms. The van der Waals surface area contributed by atoms with Gasteiger partial charge < -0.3 is 0 Å². The van der Waals surface area contributed by atoms with Crippen molar-refractivity contribution in [3.05, 3.63) is 35.4 Å². The number of hydrogen-bond donors (Lipinski definition) is 0. The second kappa shape index (κ2) is 3.66. The van der Waals surface area contributed by atoms with Gasteiger partial charge in [-0.05, 0) is 41.2 Å². The zero-order valence-corrected chi connectivity index (χ0v) is 10.4. The summed E-state index contributed by atoms with van der Waals surface area (Å²) < 4.78 is 0. The fourth-order valence-corrected chi connectivity index (χ4v) is 3.36. The van der Waals surface area contributed by atoms with Crippen LogP contribution in [0.4, 0.5) is 0 Å². The van der Waals surface area contributed by atoms with E-state index in [0.717, 1.165) is 11.8 Å². The van der Waals surface area contributed by atoms with Crippen molar-refractivity contribution in [2.24, 2.45) is 11.3 Å². The Morgan fingerprint density at radius 2 is 1.87 bits per heavy atom. The van der Waals surface area contributed by atoms with E-state index >= 15 is 0 Å². The highest BCUT2D eigenvalue weighted by molar-refractivity contribution is 5.35. The summed E-state index contributed by atoms with van der Waals surface area (Å²) in [6, 6.07) is 9.00. The molecule has 1 atom stereocenters. The van der Waals surface area contributed by atoms with Crippen LogP contribution in [0, 0.1) is 11.3 Å². The zero-order chi connectivity index (χ0) is 11.1. The summed E-state index contributed by atoms with van der Waals surface area (Å²) in [4.78, 5) is 0. The van der Waals surface area contributed by atoms with Crippen LogP contribution in [0.3, 0.4) is 0 Å². The third-order valence-electron chi connectivity index (χ3n) is 3.94. The minimum Gasteiger partial charge on any atom is -0.0622 e. The van der Waals surface area contributed by atoms with E-state index in [4.69, 9.17) is 0 Å². The predicted molar refractivity (Wildman–Crippen MR) is 66.1 cm³/mol. The maximum Gasteiger partial charge on any atom is -0.00847 e. The topological polar surface area (TPSA) is 0 Å². The van der Waals surface area contributed by atoms with Gasteiger partial charge in [0.2, 0.25) is 0 Å². The first-order chi connectivity index (χ1) is 7.02. The van der Waals surface area contributed by atoms with E-state index in [2.05, 4.69) is 52.0 Å². The van der Waals surface area contributed by atoms with Crippen LogP contribution in [0.15, 0.2) is 24.3 Å². The van der Waals surface area contributed by atoms with Crippen molar-refractivity contribution < 1.29 is 0 Å². The van der Waals surface area contributed by atoms with Gasteiger partial charge in [-0.3, -0.25) is 0 Å². The molecule has 0 saturated carbocycles. The quantitative estimate of drug-likeness (QED) is 0.633. The van der Waals surface area contributed by atoms with Crippen molar-refractivity contribution in [1.29, 1.82) is 0 Å². The summed E-state index contributed by atoms with van der Waals surface area (Å²) >= 11 is 0. The summed E-state index contributed by atoms with van der Waals surface area (Å²) in [5, 5.41) is 0. The second-order valence-corrected chi connectivity index (χ2v) is 5.91. The fraction of sp³-hybridized carbons (Fsp3) is 0.600. The highest BCUT2D eigenvalue weighted by Crippen LogP contribution is 2.48. The first kappa shape index (κ1) is 10.7. The minimum atomic E-state index is 0.461. The van der Waals surface area contributed by atoms with E-state index < -0.39 is 0 Å². The first-order valence-electron chi connectivity index (χ1n) is 6.10. The van der Waals surface area contributed by atoms with Crippen molar-refractivity contribution in [2.75, 3.05) is 0 Å². The van der Waals surface area contributed by atoms with Gasteiger partial charge in [0.15, 0.2) is 0 Å². The largest absolute Gasteiger partial charge is 0.0622 e. The Balaban J connectivity index is 2.48. The number of fused-ring (bicyclic) bond motifs is 1. The smallest absolute Gasteiger partial charge is 0.00847 e. The van der Waals surface area contributed by atoms with E-state index in [1.807, 2.05) is 0 Å². The van der Waals surface area contributed by atoms with Crippen molar-refractivity contribution in [2.45, 2.75) is 46.5 Å². The molecule has 1 aromatic carbocycles. The first-order valence-corrected chi connectivity index (χ1v) is 6.10. The average molecular weight is 202 g/mol. The van der Waals surface area contributed by atoms with E-state index in [1.165, 1.54) is 12.8 Å². The maximum absolute atomic E-state index is 2.42. The van der Waals surface area contributed by atoms with E-state index in [-0.39, 0.29) is 0 Å². The van der Waals surface area contributed by atoms with Crippen LogP contribution in [-0.2, 0) is 6.42 Å². The van der Waals surface area contributed by atoms with Gasteiger partial charge in [0.25, 0.3) is 0 Å². The maximum atomic E-state index is 2.42. The van der Waals surface area contributed by atoms with Crippen molar-refractivity contribution in [3.8, 4) is 0 Å². The van der Waals surface area contributed by atoms with Gasteiger partial charge >= 0.3 is 0 Å². The molecule has 1 unspecified atom stereocenters. The Morgan fingerprint density at radius 1 is 1.20 bits per heavy atom. The Kier molecular flexibility index (Phi) is 2.62. The average Bonchev–Trinajstić information content (AvgIpc) is 2.15. The second-order valence-electron chi connectivity index (χ2n) is 5.91. The molecule has 0 radical (unpaired) electrons. The van der Waals surface area contributed by atoms with Crippen LogP contribution in [0.1, 0.15) is 51.2 Å². The van der Waals surface area contributed by atoms with Crippen LogP contribution < -0.4 is 0 Å². The molecular formula is C15H22. The Hall–Kier alpha value is -0.780. The summed E-state index contributed by atoms with van der Waals surface area (Å²) in [7, 11) is 0. The van der Waals surface area contributed by atoms with Gasteiger partial charge in [-0.2, -0.15) is 0 Å². The van der Waals surface area contributed by atoms with Gasteiger partial charge in [-0.25, -0.2) is 0 Å². The Morgan fingerprint density at radius 3 is 2.53 bits per heavy atom. The van der Waals surface area contributed by atoms with Crippen molar-refractivity contribution in [3.63, 3.8) is 0 Å². The summed E-state index contributed by atoms with van der Waals surface area (Å²) in [5.41, 5.74) is 3.64. The van der Waals surface area contributed by atoms with Crippen LogP contribution >= 0.6 is 0 Å². The molecule has 0 saturated heterocycles. The molecule has 1 aliphatic rings. The Bertz CT molecular complexity index is 347. The molecule has 0 nitrogen and oxygen atoms in total. The molecule has 0 amide bonds. The lowest BCUT2D eigenvalue weighted by Crippen LogP contribution is -2.31. The van der Waals surface area contributed by atoms with Gasteiger partial charge in [0.05, 0.1) is 0 Å². The molecule has 1 aromatic rings. The molecule has 0 spiro atoms. The molecule has 0 N–H and O–H groups in total. The molecule has 0 fully saturated rings. The minimum absolute atomic E-state index is 0.461. The van der Waals surface area contributed by atoms with Crippen LogP contribution in [0.5, 0.6) is 0 Å². The van der Waals surface area contributed by atoms with E-state index in [9.17, 15) is 0 Å². The molecule has 15 heavy (non-hydrogen) atoms. The molecule has 2 rings (SSSR count). The summed E-state index contributed by atoms with van der Waals surface area (Å²) in [6.45, 7) is 9.56. The third-order valence-corrected chi connectivity index (χ3v) is 3.94. The molecule has 0 aliphatic heterocycles. The van der Waals surface area contributed by atoms with Crippen LogP contribution in [0.2, 0.25) is 0 Å². The molecule has 0 heteroatoms. The van der Waals surface area contributed by atoms with Crippen LogP contribution in [-0.4, -0.2) is 0 Å². The number of hydrogen-bond acceptors (Lipinski definition) is 0. The summed E-state index contributed by atoms with van der Waals surface area (Å²) in [5.74, 6) is 1.46. The fourth-order valence-electron chi connectivity index (χ4n) is 3.36. The SMILES string of the molecule is CC(C)C1c2ccccc2CCC1(C)C. The van der Waals surface area contributed by atoms with Crippen molar-refractivity contribution in [1.82, 2.24) is 0 Å². The lowest BCUT2D eigenvalue weighted by molar-refractivity contribution is 0.198. The summed E-state index contributed by atoms with van der Waals surface area (Å²) in [6.07, 6.45) is 2.58.